The van der Waals surface area contributed by atoms with Gasteiger partial charge in [-0.2, -0.15) is 9.78 Å². The predicted molar refractivity (Wildman–Crippen MR) is 135 cm³/mol. The molecule has 1 heterocycles. The lowest BCUT2D eigenvalue weighted by Gasteiger charge is -2.16. The minimum atomic E-state index is -0.522. The third-order valence-electron chi connectivity index (χ3n) is 5.32. The van der Waals surface area contributed by atoms with Crippen LogP contribution in [0.4, 0.5) is 5.69 Å². The van der Waals surface area contributed by atoms with Crippen LogP contribution in [0, 0.1) is 10.1 Å². The van der Waals surface area contributed by atoms with E-state index < -0.39 is 4.92 Å². The Morgan fingerprint density at radius 3 is 2.71 bits per heavy atom. The topological polar surface area (TPSA) is 109 Å². The number of unbranched alkanes of at least 4 members (excludes halogenated alkanes) is 1. The van der Waals surface area contributed by atoms with Gasteiger partial charge in [-0.3, -0.25) is 14.9 Å². The van der Waals surface area contributed by atoms with E-state index in [4.69, 9.17) is 9.47 Å². The molecule has 3 aromatic rings. The maximum Gasteiger partial charge on any atom is 0.315 e. The summed E-state index contributed by atoms with van der Waals surface area (Å²) in [5.41, 5.74) is 0.435. The fourth-order valence-corrected chi connectivity index (χ4v) is 3.67. The molecule has 34 heavy (non-hydrogen) atoms. The van der Waals surface area contributed by atoms with E-state index in [0.29, 0.717) is 35.1 Å². The van der Waals surface area contributed by atoms with Gasteiger partial charge in [0.1, 0.15) is 5.82 Å². The van der Waals surface area contributed by atoms with Gasteiger partial charge in [0.15, 0.2) is 5.75 Å². The quantitative estimate of drug-likeness (QED) is 0.195. The third kappa shape index (κ3) is 5.61. The number of hydrogen-bond acceptors (Lipinski definition) is 7. The van der Waals surface area contributed by atoms with Crippen molar-refractivity contribution in [1.82, 2.24) is 9.66 Å². The molecule has 0 fully saturated rings. The Balaban J connectivity index is 2.13. The van der Waals surface area contributed by atoms with Crippen molar-refractivity contribution in [1.29, 1.82) is 0 Å². The van der Waals surface area contributed by atoms with E-state index >= 15 is 0 Å². The van der Waals surface area contributed by atoms with Gasteiger partial charge in [-0.1, -0.05) is 36.2 Å². The average molecular weight is 531 g/mol. The second-order valence-corrected chi connectivity index (χ2v) is 8.74. The number of halogens is 1. The van der Waals surface area contributed by atoms with E-state index in [0.717, 1.165) is 17.3 Å². The first-order valence-corrected chi connectivity index (χ1v) is 11.9. The number of hydrogen-bond donors (Lipinski definition) is 0. The lowest BCUT2D eigenvalue weighted by Crippen LogP contribution is -2.22. The van der Waals surface area contributed by atoms with Gasteiger partial charge < -0.3 is 9.47 Å². The number of rotatable bonds is 10. The molecule has 180 valence electrons. The number of fused-ring (bicyclic) bond motifs is 1. The van der Waals surface area contributed by atoms with E-state index in [9.17, 15) is 14.9 Å². The van der Waals surface area contributed by atoms with Crippen molar-refractivity contribution in [2.45, 2.75) is 52.6 Å². The van der Waals surface area contributed by atoms with Crippen molar-refractivity contribution >= 4 is 38.7 Å². The smallest absolute Gasteiger partial charge is 0.315 e. The van der Waals surface area contributed by atoms with Gasteiger partial charge in [0.25, 0.3) is 5.56 Å². The van der Waals surface area contributed by atoms with Gasteiger partial charge in [-0.05, 0) is 44.0 Å². The van der Waals surface area contributed by atoms with Crippen LogP contribution < -0.4 is 15.0 Å². The molecular weight excluding hydrogens is 504 g/mol. The Morgan fingerprint density at radius 2 is 2.06 bits per heavy atom. The largest absolute Gasteiger partial charge is 0.493 e. The molecule has 0 saturated heterocycles. The van der Waals surface area contributed by atoms with Crippen LogP contribution in [0.1, 0.15) is 51.4 Å². The number of aromatic nitrogens is 2. The summed E-state index contributed by atoms with van der Waals surface area (Å²) in [6.07, 6.45) is 4.18. The number of methoxy groups -OCH3 is 1. The Labute approximate surface area is 205 Å². The highest BCUT2D eigenvalue weighted by molar-refractivity contribution is 9.10. The molecule has 0 aliphatic rings. The molecule has 0 bridgehead atoms. The molecule has 3 rings (SSSR count). The molecule has 0 radical (unpaired) electrons. The molecule has 0 spiro atoms. The predicted octanol–water partition coefficient (Wildman–Crippen LogP) is 5.48. The van der Waals surface area contributed by atoms with Crippen molar-refractivity contribution in [2.24, 2.45) is 5.10 Å². The second kappa shape index (κ2) is 11.2. The Hall–Kier alpha value is -3.27. The van der Waals surface area contributed by atoms with Crippen LogP contribution in [-0.4, -0.2) is 34.0 Å². The normalized spacial score (nSPS) is 12.3. The third-order valence-corrected chi connectivity index (χ3v) is 5.81. The molecular formula is C24H27BrN4O5. The van der Waals surface area contributed by atoms with Crippen LogP contribution in [0.5, 0.6) is 11.5 Å². The van der Waals surface area contributed by atoms with Gasteiger partial charge in [0, 0.05) is 22.5 Å². The minimum absolute atomic E-state index is 0.0667. The van der Waals surface area contributed by atoms with Gasteiger partial charge in [0.2, 0.25) is 5.75 Å². The number of benzene rings is 2. The number of aryl methyl sites for hydroxylation is 1. The molecule has 0 amide bonds. The SMILES string of the molecule is CCCCc1nc2ccc(Br)cc2c(=O)n1N=Cc1cc(OC)c(O[C@@H](C)CC)c([N+](=O)[O-])c1. The zero-order valence-corrected chi connectivity index (χ0v) is 21.2. The van der Waals surface area contributed by atoms with E-state index in [1.165, 1.54) is 24.1 Å². The summed E-state index contributed by atoms with van der Waals surface area (Å²) in [5.74, 6) is 0.809. The highest BCUT2D eigenvalue weighted by Crippen LogP contribution is 2.39. The van der Waals surface area contributed by atoms with Crippen LogP contribution >= 0.6 is 15.9 Å². The molecule has 0 aliphatic heterocycles. The van der Waals surface area contributed by atoms with E-state index in [1.807, 2.05) is 19.9 Å². The summed E-state index contributed by atoms with van der Waals surface area (Å²) in [6.45, 7) is 5.81. The fourth-order valence-electron chi connectivity index (χ4n) is 3.31. The molecule has 2 aromatic carbocycles. The first kappa shape index (κ1) is 25.4. The van der Waals surface area contributed by atoms with Crippen LogP contribution in [-0.2, 0) is 6.42 Å². The molecule has 1 aromatic heterocycles. The zero-order valence-electron chi connectivity index (χ0n) is 19.6. The van der Waals surface area contributed by atoms with E-state index in [2.05, 4.69) is 32.9 Å². The van der Waals surface area contributed by atoms with Crippen molar-refractivity contribution in [3.63, 3.8) is 0 Å². The van der Waals surface area contributed by atoms with Crippen LogP contribution in [0.3, 0.4) is 0 Å². The number of nitro benzene ring substituents is 1. The Bertz CT molecular complexity index is 1290. The maximum atomic E-state index is 13.2. The van der Waals surface area contributed by atoms with Crippen LogP contribution in [0.25, 0.3) is 10.9 Å². The summed E-state index contributed by atoms with van der Waals surface area (Å²) in [5, 5.41) is 16.5. The van der Waals surface area contributed by atoms with Gasteiger partial charge in [0.05, 0.1) is 35.3 Å². The first-order chi connectivity index (χ1) is 16.3. The lowest BCUT2D eigenvalue weighted by atomic mass is 10.1. The fraction of sp³-hybridized carbons (Fsp3) is 0.375. The van der Waals surface area contributed by atoms with Crippen molar-refractivity contribution in [3.8, 4) is 11.5 Å². The second-order valence-electron chi connectivity index (χ2n) is 7.82. The van der Waals surface area contributed by atoms with Crippen LogP contribution in [0.15, 0.2) is 44.7 Å². The first-order valence-electron chi connectivity index (χ1n) is 11.1. The van der Waals surface area contributed by atoms with Crippen molar-refractivity contribution in [3.05, 3.63) is 66.7 Å². The summed E-state index contributed by atoms with van der Waals surface area (Å²) >= 11 is 3.39. The molecule has 1 atom stereocenters. The number of nitro groups is 1. The van der Waals surface area contributed by atoms with Crippen molar-refractivity contribution in [2.75, 3.05) is 7.11 Å². The van der Waals surface area contributed by atoms with Gasteiger partial charge >= 0.3 is 5.69 Å². The molecule has 0 N–H and O–H groups in total. The molecule has 10 heteroatoms. The number of nitrogens with zero attached hydrogens (tertiary/aromatic N) is 4. The standard InChI is InChI=1S/C24H27BrN4O5/c1-5-7-8-22-27-19-10-9-17(25)13-18(19)24(30)28(22)26-14-16-11-20(29(31)32)23(21(12-16)33-4)34-15(3)6-2/h9-15H,5-8H2,1-4H3/t15-/m0/s1. The van der Waals surface area contributed by atoms with E-state index in [-0.39, 0.29) is 28.8 Å². The van der Waals surface area contributed by atoms with Crippen LogP contribution in [0.2, 0.25) is 0 Å². The highest BCUT2D eigenvalue weighted by Gasteiger charge is 2.23. The van der Waals surface area contributed by atoms with Gasteiger partial charge in [-0.25, -0.2) is 4.98 Å². The summed E-state index contributed by atoms with van der Waals surface area (Å²) in [4.78, 5) is 29.1. The maximum absolute atomic E-state index is 13.2. The number of ether oxygens (including phenoxy) is 2. The van der Waals surface area contributed by atoms with Crippen molar-refractivity contribution < 1.29 is 14.4 Å². The highest BCUT2D eigenvalue weighted by atomic mass is 79.9. The average Bonchev–Trinajstić information content (AvgIpc) is 2.82. The summed E-state index contributed by atoms with van der Waals surface area (Å²) in [7, 11) is 1.42. The minimum Gasteiger partial charge on any atom is -0.493 e. The lowest BCUT2D eigenvalue weighted by molar-refractivity contribution is -0.386. The monoisotopic (exact) mass is 530 g/mol. The summed E-state index contributed by atoms with van der Waals surface area (Å²) < 4.78 is 13.1. The molecule has 0 saturated carbocycles. The molecule has 0 aliphatic carbocycles. The molecule has 9 nitrogen and oxygen atoms in total. The van der Waals surface area contributed by atoms with Gasteiger partial charge in [-0.15, -0.1) is 0 Å². The molecule has 0 unspecified atom stereocenters. The zero-order chi connectivity index (χ0) is 24.8. The Kier molecular flexibility index (Phi) is 8.38. The summed E-state index contributed by atoms with van der Waals surface area (Å²) in [6, 6.07) is 8.27. The van der Waals surface area contributed by atoms with E-state index in [1.54, 1.807) is 18.2 Å². The Morgan fingerprint density at radius 1 is 1.29 bits per heavy atom.